The van der Waals surface area contributed by atoms with Gasteiger partial charge in [-0.05, 0) is 36.4 Å². The van der Waals surface area contributed by atoms with Crippen molar-refractivity contribution in [2.75, 3.05) is 5.73 Å². The molecule has 0 amide bonds. The number of benzene rings is 2. The first-order valence-electron chi connectivity index (χ1n) is 5.63. The molecule has 0 atom stereocenters. The molecule has 3 rings (SSSR count). The smallest absolute Gasteiger partial charge is 0.205 e. The van der Waals surface area contributed by atoms with Gasteiger partial charge in [-0.2, -0.15) is 5.26 Å². The van der Waals surface area contributed by atoms with Crippen LogP contribution in [0.2, 0.25) is 5.02 Å². The van der Waals surface area contributed by atoms with Crippen molar-refractivity contribution < 1.29 is 0 Å². The molecule has 19 heavy (non-hydrogen) atoms. The molecule has 0 aliphatic heterocycles. The van der Waals surface area contributed by atoms with E-state index in [0.29, 0.717) is 22.1 Å². The third-order valence-electron chi connectivity index (χ3n) is 2.92. The predicted molar refractivity (Wildman–Crippen MR) is 75.2 cm³/mol. The zero-order valence-electron chi connectivity index (χ0n) is 9.84. The summed E-state index contributed by atoms with van der Waals surface area (Å²) in [5.41, 5.74) is 8.92. The van der Waals surface area contributed by atoms with E-state index in [1.807, 2.05) is 28.8 Å². The van der Waals surface area contributed by atoms with Gasteiger partial charge in [0.25, 0.3) is 0 Å². The van der Waals surface area contributed by atoms with Crippen LogP contribution < -0.4 is 5.73 Å². The third-order valence-corrected chi connectivity index (χ3v) is 3.22. The van der Waals surface area contributed by atoms with Gasteiger partial charge in [0.2, 0.25) is 5.95 Å². The monoisotopic (exact) mass is 268 g/mol. The molecule has 0 radical (unpaired) electrons. The van der Waals surface area contributed by atoms with Gasteiger partial charge in [-0.15, -0.1) is 0 Å². The highest BCUT2D eigenvalue weighted by molar-refractivity contribution is 6.35. The summed E-state index contributed by atoms with van der Waals surface area (Å²) in [4.78, 5) is 4.28. The number of imidazole rings is 1. The van der Waals surface area contributed by atoms with Crippen molar-refractivity contribution in [3.05, 3.63) is 53.1 Å². The van der Waals surface area contributed by atoms with E-state index in [0.717, 1.165) is 11.2 Å². The maximum atomic E-state index is 8.81. The lowest BCUT2D eigenvalue weighted by molar-refractivity contribution is 1.11. The summed E-state index contributed by atoms with van der Waals surface area (Å²) in [5, 5.41) is 9.38. The average Bonchev–Trinajstić information content (AvgIpc) is 2.77. The maximum absolute atomic E-state index is 8.81. The Kier molecular flexibility index (Phi) is 2.62. The first kappa shape index (κ1) is 11.6. The molecule has 0 spiro atoms. The van der Waals surface area contributed by atoms with E-state index < -0.39 is 0 Å². The number of para-hydroxylation sites is 1. The number of nitrogens with two attached hydrogens (primary N) is 1. The molecule has 0 unspecified atom stereocenters. The highest BCUT2D eigenvalue weighted by Gasteiger charge is 2.11. The molecule has 1 heterocycles. The van der Waals surface area contributed by atoms with E-state index in [1.165, 1.54) is 0 Å². The van der Waals surface area contributed by atoms with Crippen molar-refractivity contribution in [1.82, 2.24) is 9.55 Å². The third kappa shape index (κ3) is 1.81. The largest absolute Gasteiger partial charge is 0.369 e. The Morgan fingerprint density at radius 2 is 1.89 bits per heavy atom. The Morgan fingerprint density at radius 3 is 2.58 bits per heavy atom. The van der Waals surface area contributed by atoms with Crippen LogP contribution in [-0.2, 0) is 0 Å². The summed E-state index contributed by atoms with van der Waals surface area (Å²) in [5.74, 6) is 0.368. The minimum atomic E-state index is 0.368. The normalized spacial score (nSPS) is 10.5. The van der Waals surface area contributed by atoms with Crippen LogP contribution in [0.3, 0.4) is 0 Å². The van der Waals surface area contributed by atoms with E-state index in [2.05, 4.69) is 11.1 Å². The first-order valence-corrected chi connectivity index (χ1v) is 6.01. The summed E-state index contributed by atoms with van der Waals surface area (Å²) in [6.07, 6.45) is 0. The maximum Gasteiger partial charge on any atom is 0.205 e. The Hall–Kier alpha value is -2.51. The van der Waals surface area contributed by atoms with Crippen molar-refractivity contribution in [1.29, 1.82) is 5.26 Å². The summed E-state index contributed by atoms with van der Waals surface area (Å²) in [6, 6.07) is 14.8. The standard InChI is InChI=1S/C14H9ClN4/c15-11-2-1-3-12-13(11)18-14(17)19(12)10-6-4-9(8-16)5-7-10/h1-7H,(H2,17,18). The Bertz CT molecular complexity index is 797. The quantitative estimate of drug-likeness (QED) is 0.737. The minimum Gasteiger partial charge on any atom is -0.369 e. The lowest BCUT2D eigenvalue weighted by Gasteiger charge is -2.06. The number of hydrogen-bond acceptors (Lipinski definition) is 3. The summed E-state index contributed by atoms with van der Waals surface area (Å²) in [6.45, 7) is 0. The summed E-state index contributed by atoms with van der Waals surface area (Å²) >= 11 is 6.10. The van der Waals surface area contributed by atoms with E-state index in [4.69, 9.17) is 22.6 Å². The van der Waals surface area contributed by atoms with Crippen LogP contribution >= 0.6 is 11.6 Å². The number of nitrogens with zero attached hydrogens (tertiary/aromatic N) is 3. The zero-order chi connectivity index (χ0) is 13.4. The number of hydrogen-bond donors (Lipinski definition) is 1. The fraction of sp³-hybridized carbons (Fsp3) is 0. The molecule has 4 nitrogen and oxygen atoms in total. The molecular formula is C14H9ClN4. The SMILES string of the molecule is N#Cc1ccc(-n2c(N)nc3c(Cl)cccc32)cc1. The molecular weight excluding hydrogens is 260 g/mol. The average molecular weight is 269 g/mol. The van der Waals surface area contributed by atoms with Crippen molar-refractivity contribution in [3.8, 4) is 11.8 Å². The zero-order valence-corrected chi connectivity index (χ0v) is 10.6. The van der Waals surface area contributed by atoms with Gasteiger partial charge in [0.1, 0.15) is 5.52 Å². The van der Waals surface area contributed by atoms with Gasteiger partial charge < -0.3 is 5.73 Å². The van der Waals surface area contributed by atoms with Gasteiger partial charge in [0, 0.05) is 5.69 Å². The van der Waals surface area contributed by atoms with Crippen LogP contribution in [0.1, 0.15) is 5.56 Å². The molecule has 0 fully saturated rings. The van der Waals surface area contributed by atoms with Gasteiger partial charge in [-0.25, -0.2) is 4.98 Å². The van der Waals surface area contributed by atoms with Crippen LogP contribution in [-0.4, -0.2) is 9.55 Å². The van der Waals surface area contributed by atoms with Crippen LogP contribution in [0.25, 0.3) is 16.7 Å². The number of nitrogen functional groups attached to an aromatic ring is 1. The minimum absolute atomic E-state index is 0.368. The number of fused-ring (bicyclic) bond motifs is 1. The highest BCUT2D eigenvalue weighted by Crippen LogP contribution is 2.27. The van der Waals surface area contributed by atoms with Crippen LogP contribution in [0, 0.1) is 11.3 Å². The van der Waals surface area contributed by atoms with Crippen molar-refractivity contribution in [2.24, 2.45) is 0 Å². The molecule has 3 aromatic rings. The second-order valence-electron chi connectivity index (χ2n) is 4.07. The molecule has 5 heteroatoms. The Balaban J connectivity index is 2.27. The van der Waals surface area contributed by atoms with Crippen molar-refractivity contribution in [2.45, 2.75) is 0 Å². The topological polar surface area (TPSA) is 67.6 Å². The molecule has 0 aliphatic rings. The lowest BCUT2D eigenvalue weighted by Crippen LogP contribution is -2.00. The molecule has 1 aromatic heterocycles. The van der Waals surface area contributed by atoms with Gasteiger partial charge in [-0.3, -0.25) is 4.57 Å². The number of halogens is 1. The van der Waals surface area contributed by atoms with E-state index in [9.17, 15) is 0 Å². The van der Waals surface area contributed by atoms with E-state index >= 15 is 0 Å². The molecule has 0 saturated carbocycles. The second kappa shape index (κ2) is 4.30. The van der Waals surface area contributed by atoms with Gasteiger partial charge >= 0.3 is 0 Å². The molecule has 2 aromatic carbocycles. The Labute approximate surface area is 114 Å². The molecule has 0 saturated heterocycles. The molecule has 2 N–H and O–H groups in total. The fourth-order valence-corrected chi connectivity index (χ4v) is 2.25. The van der Waals surface area contributed by atoms with Crippen LogP contribution in [0.4, 0.5) is 5.95 Å². The number of rotatable bonds is 1. The van der Waals surface area contributed by atoms with Gasteiger partial charge in [-0.1, -0.05) is 17.7 Å². The number of aromatic nitrogens is 2. The highest BCUT2D eigenvalue weighted by atomic mass is 35.5. The summed E-state index contributed by atoms with van der Waals surface area (Å²) in [7, 11) is 0. The number of nitriles is 1. The van der Waals surface area contributed by atoms with Crippen molar-refractivity contribution >= 4 is 28.6 Å². The van der Waals surface area contributed by atoms with Gasteiger partial charge in [0.05, 0.1) is 22.2 Å². The first-order chi connectivity index (χ1) is 9.20. The van der Waals surface area contributed by atoms with Crippen LogP contribution in [0.5, 0.6) is 0 Å². The summed E-state index contributed by atoms with van der Waals surface area (Å²) < 4.78 is 1.81. The molecule has 0 aliphatic carbocycles. The number of anilines is 1. The predicted octanol–water partition coefficient (Wildman–Crippen LogP) is 3.13. The molecule has 92 valence electrons. The van der Waals surface area contributed by atoms with Crippen molar-refractivity contribution in [3.63, 3.8) is 0 Å². The van der Waals surface area contributed by atoms with E-state index in [1.54, 1.807) is 18.2 Å². The van der Waals surface area contributed by atoms with E-state index in [-0.39, 0.29) is 0 Å². The second-order valence-corrected chi connectivity index (χ2v) is 4.48. The lowest BCUT2D eigenvalue weighted by atomic mass is 10.2. The van der Waals surface area contributed by atoms with Gasteiger partial charge in [0.15, 0.2) is 0 Å². The fourth-order valence-electron chi connectivity index (χ4n) is 2.04. The van der Waals surface area contributed by atoms with Crippen LogP contribution in [0.15, 0.2) is 42.5 Å². The molecule has 0 bridgehead atoms. The Morgan fingerprint density at radius 1 is 1.16 bits per heavy atom.